The normalized spacial score (nSPS) is 15.8. The molecule has 0 aromatic rings. The molecule has 76 valence electrons. The number of amides is 1. The molecule has 0 spiro atoms. The summed E-state index contributed by atoms with van der Waals surface area (Å²) in [5.74, 6) is 2.14. The first kappa shape index (κ1) is 11.3. The van der Waals surface area contributed by atoms with E-state index in [-0.39, 0.29) is 5.91 Å². The summed E-state index contributed by atoms with van der Waals surface area (Å²) in [7, 11) is 0. The zero-order valence-corrected chi connectivity index (χ0v) is 9.51. The van der Waals surface area contributed by atoms with Crippen LogP contribution in [-0.4, -0.2) is 37.0 Å². The highest BCUT2D eigenvalue weighted by molar-refractivity contribution is 9.12. The van der Waals surface area contributed by atoms with Crippen LogP contribution in [0.1, 0.15) is 6.42 Å². The Morgan fingerprint density at radius 2 is 2.43 bits per heavy atom. The van der Waals surface area contributed by atoms with Gasteiger partial charge in [-0.25, -0.2) is 0 Å². The van der Waals surface area contributed by atoms with Crippen LogP contribution in [0.25, 0.3) is 0 Å². The van der Waals surface area contributed by atoms with E-state index in [2.05, 4.69) is 49.0 Å². The minimum absolute atomic E-state index is 0.227. The molecule has 1 aliphatic heterocycles. The first-order valence-corrected chi connectivity index (χ1v) is 5.39. The lowest BCUT2D eigenvalue weighted by atomic mass is 10.2. The van der Waals surface area contributed by atoms with Crippen molar-refractivity contribution < 1.29 is 4.79 Å². The molecular formula is C10H13BrN2O. The maximum atomic E-state index is 10.9. The highest BCUT2D eigenvalue weighted by Crippen LogP contribution is 1.98. The molecule has 0 atom stereocenters. The van der Waals surface area contributed by atoms with Crippen LogP contribution < -0.4 is 5.32 Å². The number of nitrogens with one attached hydrogen (secondary N) is 1. The van der Waals surface area contributed by atoms with E-state index in [1.165, 1.54) is 0 Å². The molecule has 0 aromatic carbocycles. The molecule has 1 aliphatic rings. The van der Waals surface area contributed by atoms with Crippen molar-refractivity contribution in [3.8, 4) is 10.8 Å². The van der Waals surface area contributed by atoms with E-state index in [4.69, 9.17) is 0 Å². The molecule has 0 aliphatic carbocycles. The highest BCUT2D eigenvalue weighted by atomic mass is 79.9. The fourth-order valence-corrected chi connectivity index (χ4v) is 1.49. The fourth-order valence-electron chi connectivity index (χ4n) is 1.31. The third kappa shape index (κ3) is 4.45. The lowest BCUT2D eigenvalue weighted by Gasteiger charge is -2.22. The molecule has 0 saturated carbocycles. The minimum Gasteiger partial charge on any atom is -0.344 e. The summed E-state index contributed by atoms with van der Waals surface area (Å²) in [5, 5.41) is 2.72. The second-order valence-corrected chi connectivity index (χ2v) is 3.43. The summed E-state index contributed by atoms with van der Waals surface area (Å²) in [4.78, 5) is 15.6. The van der Waals surface area contributed by atoms with Gasteiger partial charge in [0.05, 0.1) is 0 Å². The molecule has 1 amide bonds. The van der Waals surface area contributed by atoms with Crippen LogP contribution in [0, 0.1) is 10.8 Å². The standard InChI is InChI=1S/C10H13BrN2O/c11-5-4-10(14)12-6-9-13-7-2-1-3-8-13/h1-2H,3,6-9H2,(H,12,14). The highest BCUT2D eigenvalue weighted by Gasteiger charge is 2.05. The molecule has 14 heavy (non-hydrogen) atoms. The molecule has 0 unspecified atom stereocenters. The molecule has 0 fully saturated rings. The van der Waals surface area contributed by atoms with Crippen molar-refractivity contribution in [2.45, 2.75) is 6.42 Å². The monoisotopic (exact) mass is 256 g/mol. The van der Waals surface area contributed by atoms with Gasteiger partial charge in [-0.15, -0.1) is 0 Å². The Bertz CT molecular complexity index is 278. The van der Waals surface area contributed by atoms with Crippen molar-refractivity contribution >= 4 is 21.8 Å². The SMILES string of the molecule is O=C(C#CBr)NCCN1CC=CCC1. The second-order valence-electron chi connectivity index (χ2n) is 3.04. The molecular weight excluding hydrogens is 244 g/mol. The van der Waals surface area contributed by atoms with Gasteiger partial charge < -0.3 is 5.32 Å². The lowest BCUT2D eigenvalue weighted by molar-refractivity contribution is -0.115. The largest absolute Gasteiger partial charge is 0.344 e. The zero-order chi connectivity index (χ0) is 10.2. The second kappa shape index (κ2) is 6.63. The predicted octanol–water partition coefficient (Wildman–Crippen LogP) is 0.720. The van der Waals surface area contributed by atoms with Gasteiger partial charge in [0.15, 0.2) is 0 Å². The van der Waals surface area contributed by atoms with Crippen molar-refractivity contribution in [2.75, 3.05) is 26.2 Å². The Labute approximate surface area is 92.7 Å². The van der Waals surface area contributed by atoms with Gasteiger partial charge >= 0.3 is 0 Å². The van der Waals surface area contributed by atoms with E-state index in [1.54, 1.807) is 0 Å². The minimum atomic E-state index is -0.227. The van der Waals surface area contributed by atoms with Crippen molar-refractivity contribution in [1.29, 1.82) is 0 Å². The molecule has 1 rings (SSSR count). The summed E-state index contributed by atoms with van der Waals surface area (Å²) in [5.41, 5.74) is 0. The molecule has 3 nitrogen and oxygen atoms in total. The first-order valence-electron chi connectivity index (χ1n) is 4.60. The maximum absolute atomic E-state index is 10.9. The molecule has 1 N–H and O–H groups in total. The number of nitrogens with zero attached hydrogens (tertiary/aromatic N) is 1. The number of rotatable bonds is 3. The van der Waals surface area contributed by atoms with Crippen LogP contribution in [0.4, 0.5) is 0 Å². The Morgan fingerprint density at radius 3 is 3.07 bits per heavy atom. The smallest absolute Gasteiger partial charge is 0.296 e. The quantitative estimate of drug-likeness (QED) is 0.597. The third-order valence-corrected chi connectivity index (χ3v) is 2.21. The zero-order valence-electron chi connectivity index (χ0n) is 7.92. The number of carbonyl (C=O) groups is 1. The van der Waals surface area contributed by atoms with Gasteiger partial charge in [0, 0.05) is 48.0 Å². The molecule has 0 radical (unpaired) electrons. The lowest BCUT2D eigenvalue weighted by Crippen LogP contribution is -2.36. The van der Waals surface area contributed by atoms with Crippen LogP contribution in [-0.2, 0) is 4.79 Å². The average molecular weight is 257 g/mol. The molecule has 0 saturated heterocycles. The Kier molecular flexibility index (Phi) is 5.35. The van der Waals surface area contributed by atoms with E-state index in [0.717, 1.165) is 26.1 Å². The maximum Gasteiger partial charge on any atom is 0.296 e. The number of carbonyl (C=O) groups excluding carboxylic acids is 1. The van der Waals surface area contributed by atoms with Crippen LogP contribution in [0.2, 0.25) is 0 Å². The van der Waals surface area contributed by atoms with Gasteiger partial charge in [0.1, 0.15) is 0 Å². The van der Waals surface area contributed by atoms with Gasteiger partial charge in [0.2, 0.25) is 0 Å². The van der Waals surface area contributed by atoms with Crippen molar-refractivity contribution in [3.05, 3.63) is 12.2 Å². The molecule has 4 heteroatoms. The van der Waals surface area contributed by atoms with Crippen LogP contribution in [0.15, 0.2) is 12.2 Å². The van der Waals surface area contributed by atoms with Crippen molar-refractivity contribution in [3.63, 3.8) is 0 Å². The first-order chi connectivity index (χ1) is 6.83. The molecule has 0 bridgehead atoms. The van der Waals surface area contributed by atoms with Gasteiger partial charge in [-0.2, -0.15) is 0 Å². The summed E-state index contributed by atoms with van der Waals surface area (Å²) < 4.78 is 0. The van der Waals surface area contributed by atoms with Crippen LogP contribution in [0.5, 0.6) is 0 Å². The Balaban J connectivity index is 2.10. The number of hydrogen-bond donors (Lipinski definition) is 1. The van der Waals surface area contributed by atoms with E-state index in [0.29, 0.717) is 6.54 Å². The summed E-state index contributed by atoms with van der Waals surface area (Å²) >= 11 is 2.88. The van der Waals surface area contributed by atoms with Crippen molar-refractivity contribution in [1.82, 2.24) is 10.2 Å². The average Bonchev–Trinajstić information content (AvgIpc) is 2.20. The topological polar surface area (TPSA) is 32.3 Å². The Hall–Kier alpha value is -0.790. The van der Waals surface area contributed by atoms with Gasteiger partial charge in [-0.3, -0.25) is 9.69 Å². The van der Waals surface area contributed by atoms with E-state index >= 15 is 0 Å². The van der Waals surface area contributed by atoms with Gasteiger partial charge in [-0.05, 0) is 11.3 Å². The fraction of sp³-hybridized carbons (Fsp3) is 0.500. The molecule has 0 aromatic heterocycles. The number of halogens is 1. The van der Waals surface area contributed by atoms with E-state index in [9.17, 15) is 4.79 Å². The van der Waals surface area contributed by atoms with E-state index in [1.807, 2.05) is 0 Å². The predicted molar refractivity (Wildman–Crippen MR) is 59.9 cm³/mol. The van der Waals surface area contributed by atoms with Gasteiger partial charge in [-0.1, -0.05) is 12.2 Å². The summed E-state index contributed by atoms with van der Waals surface area (Å²) in [6.07, 6.45) is 5.45. The van der Waals surface area contributed by atoms with Crippen molar-refractivity contribution in [2.24, 2.45) is 0 Å². The summed E-state index contributed by atoms with van der Waals surface area (Å²) in [6, 6.07) is 0. The third-order valence-electron chi connectivity index (χ3n) is 2.02. The van der Waals surface area contributed by atoms with Crippen LogP contribution >= 0.6 is 15.9 Å². The summed E-state index contributed by atoms with van der Waals surface area (Å²) in [6.45, 7) is 3.62. The van der Waals surface area contributed by atoms with Crippen LogP contribution in [0.3, 0.4) is 0 Å². The number of hydrogen-bond acceptors (Lipinski definition) is 2. The van der Waals surface area contributed by atoms with E-state index < -0.39 is 0 Å². The Morgan fingerprint density at radius 1 is 1.57 bits per heavy atom. The van der Waals surface area contributed by atoms with Gasteiger partial charge in [0.25, 0.3) is 5.91 Å². The molecule has 1 heterocycles.